The fourth-order valence-electron chi connectivity index (χ4n) is 2.09. The van der Waals surface area contributed by atoms with Crippen molar-refractivity contribution in [3.63, 3.8) is 0 Å². The van der Waals surface area contributed by atoms with Crippen molar-refractivity contribution < 1.29 is 0 Å². The summed E-state index contributed by atoms with van der Waals surface area (Å²) in [6, 6.07) is 2.40. The lowest BCUT2D eigenvalue weighted by molar-refractivity contribution is 0.546. The van der Waals surface area contributed by atoms with Gasteiger partial charge in [-0.15, -0.1) is 11.3 Å². The van der Waals surface area contributed by atoms with Crippen LogP contribution in [0, 0.1) is 6.92 Å². The van der Waals surface area contributed by atoms with Crippen molar-refractivity contribution >= 4 is 28.1 Å². The van der Waals surface area contributed by atoms with E-state index in [1.54, 1.807) is 11.3 Å². The Kier molecular flexibility index (Phi) is 3.40. The first-order valence-electron chi connectivity index (χ1n) is 6.62. The average molecular weight is 287 g/mol. The molecule has 20 heavy (non-hydrogen) atoms. The average Bonchev–Trinajstić information content (AvgIpc) is 3.01. The van der Waals surface area contributed by atoms with E-state index in [4.69, 9.17) is 0 Å². The Morgan fingerprint density at radius 2 is 2.10 bits per heavy atom. The second kappa shape index (κ2) is 5.20. The molecular formula is C14H17N5S. The summed E-state index contributed by atoms with van der Waals surface area (Å²) in [5, 5.41) is 9.90. The molecule has 3 aromatic heterocycles. The Balaban J connectivity index is 1.79. The van der Waals surface area contributed by atoms with E-state index in [0.717, 1.165) is 28.3 Å². The maximum atomic E-state index is 4.51. The molecule has 0 atom stereocenters. The Labute approximate surface area is 121 Å². The van der Waals surface area contributed by atoms with Crippen LogP contribution in [-0.4, -0.2) is 19.7 Å². The summed E-state index contributed by atoms with van der Waals surface area (Å²) < 4.78 is 1.94. The van der Waals surface area contributed by atoms with Crippen molar-refractivity contribution in [3.05, 3.63) is 34.5 Å². The molecule has 0 fully saturated rings. The number of anilines is 1. The van der Waals surface area contributed by atoms with Gasteiger partial charge in [-0.3, -0.25) is 0 Å². The Morgan fingerprint density at radius 3 is 2.80 bits per heavy atom. The number of rotatable bonds is 4. The topological polar surface area (TPSA) is 55.6 Å². The van der Waals surface area contributed by atoms with Gasteiger partial charge < -0.3 is 5.32 Å². The Hall–Kier alpha value is -1.95. The van der Waals surface area contributed by atoms with E-state index in [-0.39, 0.29) is 0 Å². The summed E-state index contributed by atoms with van der Waals surface area (Å²) in [6.45, 7) is 7.00. The molecule has 0 saturated carbocycles. The van der Waals surface area contributed by atoms with E-state index in [1.165, 1.54) is 4.88 Å². The molecule has 0 spiro atoms. The van der Waals surface area contributed by atoms with Gasteiger partial charge in [0, 0.05) is 22.5 Å². The zero-order valence-corrected chi connectivity index (χ0v) is 12.6. The van der Waals surface area contributed by atoms with Gasteiger partial charge in [0.05, 0.1) is 29.6 Å². The van der Waals surface area contributed by atoms with Crippen molar-refractivity contribution in [2.24, 2.45) is 0 Å². The molecule has 3 heterocycles. The van der Waals surface area contributed by atoms with Crippen LogP contribution in [0.2, 0.25) is 0 Å². The molecule has 0 amide bonds. The van der Waals surface area contributed by atoms with Gasteiger partial charge in [-0.1, -0.05) is 0 Å². The van der Waals surface area contributed by atoms with Gasteiger partial charge in [0.1, 0.15) is 0 Å². The molecular weight excluding hydrogens is 270 g/mol. The largest absolute Gasteiger partial charge is 0.379 e. The molecule has 0 aliphatic carbocycles. The second-order valence-electron chi connectivity index (χ2n) is 5.02. The third-order valence-corrected chi connectivity index (χ3v) is 3.97. The third kappa shape index (κ3) is 2.51. The van der Waals surface area contributed by atoms with E-state index < -0.39 is 0 Å². The van der Waals surface area contributed by atoms with Crippen LogP contribution < -0.4 is 5.32 Å². The monoisotopic (exact) mass is 287 g/mol. The van der Waals surface area contributed by atoms with E-state index in [1.807, 2.05) is 30.2 Å². The fourth-order valence-corrected chi connectivity index (χ4v) is 2.83. The molecule has 0 aromatic carbocycles. The molecule has 0 bridgehead atoms. The SMILES string of the molecule is Cc1ncc(CNc2cnc3c(cnn3C(C)C)c2)s1. The van der Waals surface area contributed by atoms with E-state index in [2.05, 4.69) is 40.3 Å². The number of nitrogens with zero attached hydrogens (tertiary/aromatic N) is 4. The smallest absolute Gasteiger partial charge is 0.158 e. The van der Waals surface area contributed by atoms with Crippen LogP contribution in [0.3, 0.4) is 0 Å². The minimum absolute atomic E-state index is 0.318. The van der Waals surface area contributed by atoms with E-state index >= 15 is 0 Å². The van der Waals surface area contributed by atoms with Crippen molar-refractivity contribution in [3.8, 4) is 0 Å². The molecule has 3 rings (SSSR count). The summed E-state index contributed by atoms with van der Waals surface area (Å²) in [7, 11) is 0. The summed E-state index contributed by atoms with van der Waals surface area (Å²) in [5.74, 6) is 0. The lowest BCUT2D eigenvalue weighted by atomic mass is 10.3. The van der Waals surface area contributed by atoms with Gasteiger partial charge >= 0.3 is 0 Å². The molecule has 0 unspecified atom stereocenters. The normalized spacial score (nSPS) is 11.4. The first kappa shape index (κ1) is 13.1. The Morgan fingerprint density at radius 1 is 1.25 bits per heavy atom. The van der Waals surface area contributed by atoms with Crippen LogP contribution in [-0.2, 0) is 6.54 Å². The van der Waals surface area contributed by atoms with Gasteiger partial charge in [-0.05, 0) is 26.8 Å². The maximum Gasteiger partial charge on any atom is 0.158 e. The van der Waals surface area contributed by atoms with Crippen LogP contribution in [0.4, 0.5) is 5.69 Å². The predicted octanol–water partition coefficient (Wildman–Crippen LogP) is 3.39. The molecule has 0 aliphatic rings. The minimum atomic E-state index is 0.318. The quantitative estimate of drug-likeness (QED) is 0.799. The maximum absolute atomic E-state index is 4.51. The summed E-state index contributed by atoms with van der Waals surface area (Å²) in [4.78, 5) is 9.98. The van der Waals surface area contributed by atoms with Gasteiger partial charge in [0.15, 0.2) is 5.65 Å². The standard InChI is InChI=1S/C14H17N5S/c1-9(2)19-14-11(5-18-19)4-12(6-17-14)16-8-13-7-15-10(3)20-13/h4-7,9,16H,8H2,1-3H3. The van der Waals surface area contributed by atoms with Crippen molar-refractivity contribution in [2.45, 2.75) is 33.4 Å². The summed E-state index contributed by atoms with van der Waals surface area (Å²) in [5.41, 5.74) is 1.94. The number of aromatic nitrogens is 4. The highest BCUT2D eigenvalue weighted by Crippen LogP contribution is 2.20. The highest BCUT2D eigenvalue weighted by atomic mass is 32.1. The Bertz CT molecular complexity index is 728. The molecule has 5 nitrogen and oxygen atoms in total. The number of fused-ring (bicyclic) bond motifs is 1. The number of hydrogen-bond donors (Lipinski definition) is 1. The van der Waals surface area contributed by atoms with Crippen LogP contribution in [0.15, 0.2) is 24.7 Å². The molecule has 104 valence electrons. The lowest BCUT2D eigenvalue weighted by Gasteiger charge is -2.07. The van der Waals surface area contributed by atoms with Crippen LogP contribution in [0.1, 0.15) is 29.8 Å². The number of thiazole rings is 1. The first-order chi connectivity index (χ1) is 9.63. The summed E-state index contributed by atoms with van der Waals surface area (Å²) in [6.07, 6.45) is 5.64. The first-order valence-corrected chi connectivity index (χ1v) is 7.43. The third-order valence-electron chi connectivity index (χ3n) is 3.06. The number of nitrogens with one attached hydrogen (secondary N) is 1. The molecule has 6 heteroatoms. The fraction of sp³-hybridized carbons (Fsp3) is 0.357. The van der Waals surface area contributed by atoms with Gasteiger partial charge in [0.25, 0.3) is 0 Å². The predicted molar refractivity (Wildman–Crippen MR) is 82.1 cm³/mol. The van der Waals surface area contributed by atoms with Crippen LogP contribution >= 0.6 is 11.3 Å². The lowest BCUT2D eigenvalue weighted by Crippen LogP contribution is -2.03. The molecule has 1 N–H and O–H groups in total. The molecule has 0 aliphatic heterocycles. The van der Waals surface area contributed by atoms with E-state index in [0.29, 0.717) is 6.04 Å². The zero-order chi connectivity index (χ0) is 14.1. The van der Waals surface area contributed by atoms with Crippen LogP contribution in [0.5, 0.6) is 0 Å². The van der Waals surface area contributed by atoms with Crippen molar-refractivity contribution in [1.29, 1.82) is 0 Å². The van der Waals surface area contributed by atoms with Gasteiger partial charge in [-0.25, -0.2) is 14.6 Å². The second-order valence-corrected chi connectivity index (χ2v) is 6.34. The van der Waals surface area contributed by atoms with Crippen molar-refractivity contribution in [2.75, 3.05) is 5.32 Å². The van der Waals surface area contributed by atoms with E-state index in [9.17, 15) is 0 Å². The minimum Gasteiger partial charge on any atom is -0.379 e. The zero-order valence-electron chi connectivity index (χ0n) is 11.8. The number of pyridine rings is 1. The highest BCUT2D eigenvalue weighted by Gasteiger charge is 2.07. The van der Waals surface area contributed by atoms with Gasteiger partial charge in [0.2, 0.25) is 0 Å². The van der Waals surface area contributed by atoms with Crippen LogP contribution in [0.25, 0.3) is 11.0 Å². The summed E-state index contributed by atoms with van der Waals surface area (Å²) >= 11 is 1.71. The van der Waals surface area contributed by atoms with Crippen molar-refractivity contribution in [1.82, 2.24) is 19.7 Å². The molecule has 3 aromatic rings. The molecule has 0 saturated heterocycles. The number of aryl methyl sites for hydroxylation is 1. The highest BCUT2D eigenvalue weighted by molar-refractivity contribution is 7.11. The molecule has 0 radical (unpaired) electrons. The number of hydrogen-bond acceptors (Lipinski definition) is 5. The van der Waals surface area contributed by atoms with Gasteiger partial charge in [-0.2, -0.15) is 5.10 Å².